The highest BCUT2D eigenvalue weighted by atomic mass is 16.3. The van der Waals surface area contributed by atoms with Gasteiger partial charge in [-0.05, 0) is 62.7 Å². The molecule has 0 saturated heterocycles. The van der Waals surface area contributed by atoms with E-state index >= 15 is 0 Å². The molecular weight excluding hydrogens is 220 g/mol. The Bertz CT molecular complexity index is 338. The maximum atomic E-state index is 9.05. The topological polar surface area (TPSA) is 20.2 Å². The van der Waals surface area contributed by atoms with Crippen LogP contribution in [0.5, 0.6) is 0 Å². The summed E-state index contributed by atoms with van der Waals surface area (Å²) < 4.78 is 0. The molecule has 0 aliphatic heterocycles. The van der Waals surface area contributed by atoms with Crippen molar-refractivity contribution in [2.45, 2.75) is 58.8 Å². The van der Waals surface area contributed by atoms with Crippen LogP contribution >= 0.6 is 0 Å². The number of fused-ring (bicyclic) bond motifs is 4. The SMILES string of the molecule is C=C1[C@H]2CCC[C@H](CC2)C1(C)CC/C=C(/C)CO. The highest BCUT2D eigenvalue weighted by Crippen LogP contribution is 2.55. The minimum Gasteiger partial charge on any atom is -0.392 e. The first-order valence-electron chi connectivity index (χ1n) is 7.53. The van der Waals surface area contributed by atoms with Crippen LogP contribution in [0.4, 0.5) is 0 Å². The lowest BCUT2D eigenvalue weighted by Gasteiger charge is -2.45. The molecule has 0 aromatic carbocycles. The predicted molar refractivity (Wildman–Crippen MR) is 77.4 cm³/mol. The smallest absolute Gasteiger partial charge is 0.0639 e. The summed E-state index contributed by atoms with van der Waals surface area (Å²) in [5, 5.41) is 9.05. The third-order valence-corrected chi connectivity index (χ3v) is 5.50. The summed E-state index contributed by atoms with van der Waals surface area (Å²) in [7, 11) is 0. The monoisotopic (exact) mass is 248 g/mol. The molecular formula is C17H28O. The third kappa shape index (κ3) is 2.56. The van der Waals surface area contributed by atoms with Crippen LogP contribution in [0.15, 0.2) is 23.8 Å². The zero-order chi connectivity index (χ0) is 13.2. The van der Waals surface area contributed by atoms with Crippen molar-refractivity contribution in [3.8, 4) is 0 Å². The van der Waals surface area contributed by atoms with Gasteiger partial charge in [-0.25, -0.2) is 0 Å². The van der Waals surface area contributed by atoms with Gasteiger partial charge in [0.2, 0.25) is 0 Å². The van der Waals surface area contributed by atoms with Crippen molar-refractivity contribution in [1.82, 2.24) is 0 Å². The van der Waals surface area contributed by atoms with Crippen molar-refractivity contribution in [3.05, 3.63) is 23.8 Å². The molecule has 102 valence electrons. The van der Waals surface area contributed by atoms with Gasteiger partial charge in [0.05, 0.1) is 6.61 Å². The number of rotatable bonds is 4. The van der Waals surface area contributed by atoms with E-state index in [0.29, 0.717) is 5.41 Å². The average Bonchev–Trinajstić information content (AvgIpc) is 2.67. The van der Waals surface area contributed by atoms with Crippen LogP contribution in [0.1, 0.15) is 58.8 Å². The highest BCUT2D eigenvalue weighted by Gasteiger charge is 2.44. The third-order valence-electron chi connectivity index (χ3n) is 5.50. The summed E-state index contributed by atoms with van der Waals surface area (Å²) in [5.41, 5.74) is 2.99. The largest absolute Gasteiger partial charge is 0.392 e. The van der Waals surface area contributed by atoms with Gasteiger partial charge in [0.25, 0.3) is 0 Å². The quantitative estimate of drug-likeness (QED) is 0.727. The molecule has 0 radical (unpaired) electrons. The van der Waals surface area contributed by atoms with Crippen molar-refractivity contribution in [2.75, 3.05) is 6.61 Å². The summed E-state index contributed by atoms with van der Waals surface area (Å²) in [4.78, 5) is 0. The lowest BCUT2D eigenvalue weighted by Crippen LogP contribution is -2.34. The molecule has 0 aromatic rings. The van der Waals surface area contributed by atoms with E-state index in [0.717, 1.165) is 23.8 Å². The van der Waals surface area contributed by atoms with Crippen LogP contribution in [0.2, 0.25) is 0 Å². The van der Waals surface area contributed by atoms with E-state index in [4.69, 9.17) is 5.11 Å². The number of aliphatic hydroxyl groups excluding tert-OH is 1. The molecule has 1 heteroatoms. The molecule has 2 bridgehead atoms. The second-order valence-electron chi connectivity index (χ2n) is 6.59. The molecule has 18 heavy (non-hydrogen) atoms. The fraction of sp³-hybridized carbons (Fsp3) is 0.765. The molecule has 1 nitrogen and oxygen atoms in total. The van der Waals surface area contributed by atoms with Gasteiger partial charge >= 0.3 is 0 Å². The predicted octanol–water partition coefficient (Wildman–Crippen LogP) is 4.48. The average molecular weight is 248 g/mol. The van der Waals surface area contributed by atoms with E-state index < -0.39 is 0 Å². The molecule has 3 saturated carbocycles. The van der Waals surface area contributed by atoms with Gasteiger partial charge in [-0.2, -0.15) is 0 Å². The zero-order valence-electron chi connectivity index (χ0n) is 12.0. The minimum atomic E-state index is 0.198. The molecule has 0 spiro atoms. The summed E-state index contributed by atoms with van der Waals surface area (Å²) in [5.74, 6) is 1.64. The van der Waals surface area contributed by atoms with Crippen LogP contribution in [0.25, 0.3) is 0 Å². The Morgan fingerprint density at radius 3 is 2.89 bits per heavy atom. The molecule has 0 aromatic heterocycles. The Labute approximate surface area is 112 Å². The van der Waals surface area contributed by atoms with Crippen LogP contribution in [-0.2, 0) is 0 Å². The van der Waals surface area contributed by atoms with E-state index in [9.17, 15) is 0 Å². The zero-order valence-corrected chi connectivity index (χ0v) is 12.0. The Morgan fingerprint density at radius 2 is 2.17 bits per heavy atom. The number of aliphatic hydroxyl groups is 1. The van der Waals surface area contributed by atoms with Crippen LogP contribution in [-0.4, -0.2) is 11.7 Å². The van der Waals surface area contributed by atoms with Crippen LogP contribution in [0.3, 0.4) is 0 Å². The Hall–Kier alpha value is -0.560. The van der Waals surface area contributed by atoms with Gasteiger partial charge in [-0.3, -0.25) is 0 Å². The van der Waals surface area contributed by atoms with Crippen molar-refractivity contribution in [3.63, 3.8) is 0 Å². The summed E-state index contributed by atoms with van der Waals surface area (Å²) in [6.07, 6.45) is 11.5. The van der Waals surface area contributed by atoms with Crippen LogP contribution in [0, 0.1) is 17.3 Å². The molecule has 3 atom stereocenters. The van der Waals surface area contributed by atoms with Gasteiger partial charge in [-0.1, -0.05) is 37.1 Å². The highest BCUT2D eigenvalue weighted by molar-refractivity contribution is 5.19. The molecule has 3 aliphatic rings. The molecule has 3 fully saturated rings. The number of hydrogen-bond acceptors (Lipinski definition) is 1. The van der Waals surface area contributed by atoms with Crippen molar-refractivity contribution in [1.29, 1.82) is 0 Å². The van der Waals surface area contributed by atoms with E-state index in [2.05, 4.69) is 19.6 Å². The molecule has 1 N–H and O–H groups in total. The van der Waals surface area contributed by atoms with Crippen molar-refractivity contribution in [2.24, 2.45) is 17.3 Å². The fourth-order valence-corrected chi connectivity index (χ4v) is 4.06. The number of hydrogen-bond donors (Lipinski definition) is 1. The maximum Gasteiger partial charge on any atom is 0.0639 e. The Balaban J connectivity index is 2.06. The van der Waals surface area contributed by atoms with Crippen molar-refractivity contribution < 1.29 is 5.11 Å². The maximum absolute atomic E-state index is 9.05. The summed E-state index contributed by atoms with van der Waals surface area (Å²) in [6, 6.07) is 0. The molecule has 3 aliphatic carbocycles. The lowest BCUT2D eigenvalue weighted by atomic mass is 9.60. The van der Waals surface area contributed by atoms with Gasteiger partial charge in [-0.15, -0.1) is 0 Å². The normalized spacial score (nSPS) is 36.8. The Morgan fingerprint density at radius 1 is 1.39 bits per heavy atom. The standard InChI is InChI=1S/C17H28O/c1-13(12-18)6-5-11-17(3)14(2)15-7-4-8-16(17)10-9-15/h6,15-16,18H,2,4-5,7-12H2,1,3H3/b13-6-/t15-,16+,17?/m0/s1. The molecule has 0 amide bonds. The first kappa shape index (κ1) is 13.9. The minimum absolute atomic E-state index is 0.198. The summed E-state index contributed by atoms with van der Waals surface area (Å²) in [6.45, 7) is 9.11. The second-order valence-corrected chi connectivity index (χ2v) is 6.59. The van der Waals surface area contributed by atoms with Gasteiger partial charge in [0.1, 0.15) is 0 Å². The van der Waals surface area contributed by atoms with E-state index in [-0.39, 0.29) is 6.61 Å². The van der Waals surface area contributed by atoms with E-state index in [1.54, 1.807) is 0 Å². The van der Waals surface area contributed by atoms with E-state index in [1.165, 1.54) is 44.1 Å². The summed E-state index contributed by atoms with van der Waals surface area (Å²) >= 11 is 0. The molecule has 3 rings (SSSR count). The van der Waals surface area contributed by atoms with Gasteiger partial charge < -0.3 is 5.11 Å². The van der Waals surface area contributed by atoms with Crippen molar-refractivity contribution >= 4 is 0 Å². The van der Waals surface area contributed by atoms with Gasteiger partial charge in [0.15, 0.2) is 0 Å². The van der Waals surface area contributed by atoms with Crippen LogP contribution < -0.4 is 0 Å². The molecule has 1 unspecified atom stereocenters. The lowest BCUT2D eigenvalue weighted by molar-refractivity contribution is 0.157. The van der Waals surface area contributed by atoms with E-state index in [1.807, 2.05) is 6.92 Å². The fourth-order valence-electron chi connectivity index (χ4n) is 4.06. The Kier molecular flexibility index (Phi) is 4.32. The first-order valence-corrected chi connectivity index (χ1v) is 7.53. The first-order chi connectivity index (χ1) is 8.58. The second kappa shape index (κ2) is 5.61. The van der Waals surface area contributed by atoms with Gasteiger partial charge in [0, 0.05) is 0 Å². The molecule has 0 heterocycles. The number of allylic oxidation sites excluding steroid dienone is 2.